The van der Waals surface area contributed by atoms with Gasteiger partial charge in [0, 0.05) is 29.1 Å². The van der Waals surface area contributed by atoms with Gasteiger partial charge in [0.05, 0.1) is 6.61 Å². The van der Waals surface area contributed by atoms with E-state index in [4.69, 9.17) is 4.74 Å². The molecule has 0 aliphatic rings. The maximum atomic E-state index is 5.71. The second kappa shape index (κ2) is 5.30. The van der Waals surface area contributed by atoms with Crippen molar-refractivity contribution in [1.29, 1.82) is 0 Å². The summed E-state index contributed by atoms with van der Waals surface area (Å²) in [7, 11) is 0. The average Bonchev–Trinajstić information content (AvgIpc) is 2.40. The van der Waals surface area contributed by atoms with Gasteiger partial charge in [-0.1, -0.05) is 36.9 Å². The Morgan fingerprint density at radius 2 is 2.18 bits per heavy atom. The van der Waals surface area contributed by atoms with Crippen molar-refractivity contribution in [3.8, 4) is 16.9 Å². The number of hydrogen-bond donors (Lipinski definition) is 0. The van der Waals surface area contributed by atoms with E-state index in [1.54, 1.807) is 6.20 Å². The van der Waals surface area contributed by atoms with Gasteiger partial charge in [-0.2, -0.15) is 0 Å². The third-order valence-corrected chi connectivity index (χ3v) is 2.53. The van der Waals surface area contributed by atoms with Crippen molar-refractivity contribution in [2.75, 3.05) is 6.61 Å². The van der Waals surface area contributed by atoms with Gasteiger partial charge in [-0.05, 0) is 13.0 Å². The van der Waals surface area contributed by atoms with Crippen molar-refractivity contribution in [1.82, 2.24) is 4.98 Å². The van der Waals surface area contributed by atoms with Crippen molar-refractivity contribution in [3.63, 3.8) is 0 Å². The Morgan fingerprint density at radius 1 is 1.29 bits per heavy atom. The minimum Gasteiger partial charge on any atom is -0.493 e. The molecule has 0 aliphatic carbocycles. The van der Waals surface area contributed by atoms with E-state index in [1.165, 1.54) is 0 Å². The van der Waals surface area contributed by atoms with Gasteiger partial charge in [-0.25, -0.2) is 0 Å². The Morgan fingerprint density at radius 3 is 2.82 bits per heavy atom. The molecule has 0 aliphatic heterocycles. The molecule has 1 aromatic heterocycles. The van der Waals surface area contributed by atoms with Crippen LogP contribution in [0.4, 0.5) is 0 Å². The van der Waals surface area contributed by atoms with Crippen LogP contribution >= 0.6 is 0 Å². The van der Waals surface area contributed by atoms with E-state index in [9.17, 15) is 0 Å². The first-order valence-electron chi connectivity index (χ1n) is 5.65. The third-order valence-electron chi connectivity index (χ3n) is 2.53. The van der Waals surface area contributed by atoms with E-state index in [2.05, 4.69) is 11.6 Å². The Balaban J connectivity index is 2.57. The Labute approximate surface area is 102 Å². The summed E-state index contributed by atoms with van der Waals surface area (Å²) in [5, 5.41) is 0. The maximum Gasteiger partial charge on any atom is 0.134 e. The largest absolute Gasteiger partial charge is 0.493 e. The molecule has 2 rings (SSSR count). The van der Waals surface area contributed by atoms with Gasteiger partial charge in [0.25, 0.3) is 0 Å². The maximum absolute atomic E-state index is 5.71. The zero-order chi connectivity index (χ0) is 12.1. The second-order valence-corrected chi connectivity index (χ2v) is 3.60. The number of ether oxygens (including phenoxy) is 1. The fraction of sp³-hybridized carbons (Fsp3) is 0.133. The minimum absolute atomic E-state index is 0.637. The highest BCUT2D eigenvalue weighted by Gasteiger charge is 2.09. The van der Waals surface area contributed by atoms with Crippen LogP contribution in [-0.2, 0) is 0 Å². The van der Waals surface area contributed by atoms with Crippen LogP contribution in [0.25, 0.3) is 17.2 Å². The molecule has 2 heteroatoms. The van der Waals surface area contributed by atoms with Crippen molar-refractivity contribution in [2.24, 2.45) is 0 Å². The smallest absolute Gasteiger partial charge is 0.134 e. The zero-order valence-electron chi connectivity index (χ0n) is 9.89. The Hall–Kier alpha value is -2.09. The highest BCUT2D eigenvalue weighted by Crippen LogP contribution is 2.33. The second-order valence-electron chi connectivity index (χ2n) is 3.60. The number of hydrogen-bond acceptors (Lipinski definition) is 2. The van der Waals surface area contributed by atoms with Crippen LogP contribution < -0.4 is 4.74 Å². The summed E-state index contributed by atoms with van der Waals surface area (Å²) < 4.78 is 5.71. The molecule has 17 heavy (non-hydrogen) atoms. The molecule has 0 spiro atoms. The summed E-state index contributed by atoms with van der Waals surface area (Å²) in [6.45, 7) is 6.43. The number of aromatic nitrogens is 1. The lowest BCUT2D eigenvalue weighted by molar-refractivity contribution is 0.341. The number of benzene rings is 1. The monoisotopic (exact) mass is 225 g/mol. The summed E-state index contributed by atoms with van der Waals surface area (Å²) in [6.07, 6.45) is 5.41. The standard InChI is InChI=1S/C15H15NO/c1-3-12-7-5-9-14(15(12)17-4-2)13-8-6-10-16-11-13/h3,5-11H,1,4H2,2H3. The van der Waals surface area contributed by atoms with Gasteiger partial charge in [0.1, 0.15) is 5.75 Å². The van der Waals surface area contributed by atoms with E-state index in [0.717, 1.165) is 22.4 Å². The van der Waals surface area contributed by atoms with Crippen molar-refractivity contribution in [2.45, 2.75) is 6.92 Å². The van der Waals surface area contributed by atoms with Crippen LogP contribution in [0.3, 0.4) is 0 Å². The molecule has 2 nitrogen and oxygen atoms in total. The molecule has 0 N–H and O–H groups in total. The summed E-state index contributed by atoms with van der Waals surface area (Å²) in [5.74, 6) is 0.873. The highest BCUT2D eigenvalue weighted by atomic mass is 16.5. The average molecular weight is 225 g/mol. The fourth-order valence-electron chi connectivity index (χ4n) is 1.77. The molecule has 0 unspecified atom stereocenters. The Bertz CT molecular complexity index is 506. The fourth-order valence-corrected chi connectivity index (χ4v) is 1.77. The number of nitrogens with zero attached hydrogens (tertiary/aromatic N) is 1. The molecule has 0 saturated heterocycles. The first-order valence-corrected chi connectivity index (χ1v) is 5.65. The number of para-hydroxylation sites is 1. The van der Waals surface area contributed by atoms with E-state index in [0.29, 0.717) is 6.61 Å². The molecule has 86 valence electrons. The molecule has 0 amide bonds. The van der Waals surface area contributed by atoms with E-state index in [-0.39, 0.29) is 0 Å². The van der Waals surface area contributed by atoms with E-state index >= 15 is 0 Å². The molecule has 1 aromatic carbocycles. The third kappa shape index (κ3) is 2.36. The van der Waals surface area contributed by atoms with Gasteiger partial charge >= 0.3 is 0 Å². The first-order chi connectivity index (χ1) is 8.36. The van der Waals surface area contributed by atoms with Crippen LogP contribution in [0, 0.1) is 0 Å². The summed E-state index contributed by atoms with van der Waals surface area (Å²) in [4.78, 5) is 4.14. The van der Waals surface area contributed by atoms with Crippen LogP contribution in [0.2, 0.25) is 0 Å². The van der Waals surface area contributed by atoms with Gasteiger partial charge in [0.15, 0.2) is 0 Å². The van der Waals surface area contributed by atoms with E-state index in [1.807, 2.05) is 49.5 Å². The molecule has 0 atom stereocenters. The molecular weight excluding hydrogens is 210 g/mol. The molecule has 0 saturated carbocycles. The van der Waals surface area contributed by atoms with Crippen LogP contribution in [0.5, 0.6) is 5.75 Å². The number of rotatable bonds is 4. The van der Waals surface area contributed by atoms with Crippen molar-refractivity contribution >= 4 is 6.08 Å². The predicted molar refractivity (Wildman–Crippen MR) is 70.9 cm³/mol. The zero-order valence-corrected chi connectivity index (χ0v) is 9.89. The molecule has 1 heterocycles. The van der Waals surface area contributed by atoms with Crippen molar-refractivity contribution < 1.29 is 4.74 Å². The Kier molecular flexibility index (Phi) is 3.55. The van der Waals surface area contributed by atoms with Gasteiger partial charge in [-0.15, -0.1) is 0 Å². The van der Waals surface area contributed by atoms with Crippen molar-refractivity contribution in [3.05, 3.63) is 54.9 Å². The normalized spacial score (nSPS) is 9.94. The van der Waals surface area contributed by atoms with Crippen LogP contribution in [0.1, 0.15) is 12.5 Å². The lowest BCUT2D eigenvalue weighted by atomic mass is 10.0. The quantitative estimate of drug-likeness (QED) is 0.789. The summed E-state index contributed by atoms with van der Waals surface area (Å²) in [6, 6.07) is 9.98. The predicted octanol–water partition coefficient (Wildman–Crippen LogP) is 3.79. The first kappa shape index (κ1) is 11.4. The van der Waals surface area contributed by atoms with E-state index < -0.39 is 0 Å². The van der Waals surface area contributed by atoms with Gasteiger partial charge in [-0.3, -0.25) is 4.98 Å². The molecule has 0 radical (unpaired) electrons. The molecule has 2 aromatic rings. The number of pyridine rings is 1. The van der Waals surface area contributed by atoms with Gasteiger partial charge < -0.3 is 4.74 Å². The minimum atomic E-state index is 0.637. The van der Waals surface area contributed by atoms with Crippen LogP contribution in [-0.4, -0.2) is 11.6 Å². The van der Waals surface area contributed by atoms with Gasteiger partial charge in [0.2, 0.25) is 0 Å². The molecular formula is C15H15NO. The topological polar surface area (TPSA) is 22.1 Å². The SMILES string of the molecule is C=Cc1cccc(-c2cccnc2)c1OCC. The molecule has 0 bridgehead atoms. The highest BCUT2D eigenvalue weighted by molar-refractivity contribution is 5.75. The summed E-state index contributed by atoms with van der Waals surface area (Å²) >= 11 is 0. The molecule has 0 fully saturated rings. The summed E-state index contributed by atoms with van der Waals surface area (Å²) in [5.41, 5.74) is 3.12. The lowest BCUT2D eigenvalue weighted by Crippen LogP contribution is -1.96. The van der Waals surface area contributed by atoms with Crippen LogP contribution in [0.15, 0.2) is 49.3 Å². The lowest BCUT2D eigenvalue weighted by Gasteiger charge is -2.12.